The number of hydrogen-bond acceptors (Lipinski definition) is 3. The summed E-state index contributed by atoms with van der Waals surface area (Å²) in [5, 5.41) is 5.29. The number of benzene rings is 1. The van der Waals surface area contributed by atoms with E-state index in [1.807, 2.05) is 0 Å². The Morgan fingerprint density at radius 1 is 1.19 bits per heavy atom. The van der Waals surface area contributed by atoms with Crippen molar-refractivity contribution in [2.45, 2.75) is 6.04 Å². The van der Waals surface area contributed by atoms with Gasteiger partial charge in [0.2, 0.25) is 0 Å². The fourth-order valence-corrected chi connectivity index (χ4v) is 3.28. The van der Waals surface area contributed by atoms with Crippen LogP contribution in [0.1, 0.15) is 0 Å². The van der Waals surface area contributed by atoms with Crippen molar-refractivity contribution in [1.82, 2.24) is 0 Å². The van der Waals surface area contributed by atoms with Crippen LogP contribution in [0.2, 0.25) is 10.0 Å². The first-order valence-electron chi connectivity index (χ1n) is 4.58. The Bertz CT molecular complexity index is 520. The van der Waals surface area contributed by atoms with Crippen molar-refractivity contribution in [2.24, 2.45) is 0 Å². The predicted octanol–water partition coefficient (Wildman–Crippen LogP) is 2.72. The fourth-order valence-electron chi connectivity index (χ4n) is 1.52. The molecule has 2 rings (SSSR count). The molecule has 1 heterocycles. The molecule has 0 aromatic heterocycles. The van der Waals surface area contributed by atoms with Gasteiger partial charge in [0.1, 0.15) is 0 Å². The van der Waals surface area contributed by atoms with E-state index < -0.39 is 9.84 Å². The molecule has 16 heavy (non-hydrogen) atoms. The van der Waals surface area contributed by atoms with Gasteiger partial charge in [0.05, 0.1) is 11.8 Å². The van der Waals surface area contributed by atoms with Crippen LogP contribution in [0, 0.1) is 0 Å². The fraction of sp³-hybridized carbons (Fsp3) is 0.200. The molecule has 1 aromatic rings. The summed E-state index contributed by atoms with van der Waals surface area (Å²) in [7, 11) is -3.04. The first-order chi connectivity index (χ1) is 7.44. The van der Waals surface area contributed by atoms with Gasteiger partial charge in [-0.2, -0.15) is 0 Å². The van der Waals surface area contributed by atoms with E-state index in [1.54, 1.807) is 24.3 Å². The van der Waals surface area contributed by atoms with Crippen molar-refractivity contribution in [2.75, 3.05) is 11.1 Å². The average Bonchev–Trinajstić information content (AvgIpc) is 2.43. The molecule has 0 spiro atoms. The molecule has 0 aliphatic carbocycles. The van der Waals surface area contributed by atoms with Gasteiger partial charge in [-0.25, -0.2) is 8.42 Å². The third kappa shape index (κ3) is 2.90. The summed E-state index contributed by atoms with van der Waals surface area (Å²) in [6, 6.07) is 4.80. The van der Waals surface area contributed by atoms with Crippen LogP contribution in [0.4, 0.5) is 5.69 Å². The summed E-state index contributed by atoms with van der Waals surface area (Å²) < 4.78 is 22.4. The van der Waals surface area contributed by atoms with Crippen molar-refractivity contribution >= 4 is 38.7 Å². The number of rotatable bonds is 2. The highest BCUT2D eigenvalue weighted by Gasteiger charge is 2.21. The van der Waals surface area contributed by atoms with E-state index in [0.29, 0.717) is 15.7 Å². The smallest absolute Gasteiger partial charge is 0.173 e. The molecule has 0 fully saturated rings. The van der Waals surface area contributed by atoms with Crippen LogP contribution in [-0.4, -0.2) is 20.2 Å². The summed E-state index contributed by atoms with van der Waals surface area (Å²) >= 11 is 11.7. The Hall–Kier alpha value is -0.710. The van der Waals surface area contributed by atoms with E-state index in [9.17, 15) is 8.42 Å². The minimum absolute atomic E-state index is 0.0666. The molecule has 1 N–H and O–H groups in total. The molecule has 1 aromatic carbocycles. The maximum atomic E-state index is 11.2. The van der Waals surface area contributed by atoms with Crippen LogP contribution in [0.3, 0.4) is 0 Å². The average molecular weight is 278 g/mol. The summed E-state index contributed by atoms with van der Waals surface area (Å²) in [4.78, 5) is 0. The molecule has 0 saturated carbocycles. The Morgan fingerprint density at radius 2 is 1.81 bits per heavy atom. The maximum Gasteiger partial charge on any atom is 0.173 e. The largest absolute Gasteiger partial charge is 0.378 e. The third-order valence-corrected chi connectivity index (χ3v) is 3.98. The van der Waals surface area contributed by atoms with Crippen molar-refractivity contribution in [1.29, 1.82) is 0 Å². The highest BCUT2D eigenvalue weighted by Crippen LogP contribution is 2.24. The zero-order valence-corrected chi connectivity index (χ0v) is 10.5. The second-order valence-electron chi connectivity index (χ2n) is 3.57. The lowest BCUT2D eigenvalue weighted by molar-refractivity contribution is 0.605. The first kappa shape index (κ1) is 11.8. The summed E-state index contributed by atoms with van der Waals surface area (Å²) in [5.74, 6) is 0.0666. The third-order valence-electron chi connectivity index (χ3n) is 2.14. The molecule has 0 amide bonds. The molecular formula is C10H9Cl2NO2S. The van der Waals surface area contributed by atoms with E-state index in [4.69, 9.17) is 23.2 Å². The molecule has 0 radical (unpaired) electrons. The molecule has 1 aliphatic rings. The zero-order valence-electron chi connectivity index (χ0n) is 8.15. The van der Waals surface area contributed by atoms with Crippen LogP contribution in [0.25, 0.3) is 0 Å². The molecular weight excluding hydrogens is 269 g/mol. The molecule has 1 atom stereocenters. The van der Waals surface area contributed by atoms with Gasteiger partial charge in [0, 0.05) is 21.1 Å². The normalized spacial score (nSPS) is 22.2. The first-order valence-corrected chi connectivity index (χ1v) is 7.05. The lowest BCUT2D eigenvalue weighted by atomic mass is 10.2. The highest BCUT2D eigenvalue weighted by atomic mass is 35.5. The van der Waals surface area contributed by atoms with Crippen LogP contribution < -0.4 is 5.32 Å². The van der Waals surface area contributed by atoms with Crippen molar-refractivity contribution in [3.05, 3.63) is 39.7 Å². The van der Waals surface area contributed by atoms with E-state index in [-0.39, 0.29) is 11.8 Å². The molecule has 1 unspecified atom stereocenters. The molecule has 0 saturated heterocycles. The number of hydrogen-bond donors (Lipinski definition) is 1. The van der Waals surface area contributed by atoms with Gasteiger partial charge >= 0.3 is 0 Å². The Labute approximate surface area is 104 Å². The zero-order chi connectivity index (χ0) is 11.8. The number of sulfone groups is 1. The van der Waals surface area contributed by atoms with Crippen molar-refractivity contribution in [3.8, 4) is 0 Å². The van der Waals surface area contributed by atoms with Crippen LogP contribution in [-0.2, 0) is 9.84 Å². The van der Waals surface area contributed by atoms with E-state index in [1.165, 1.54) is 5.41 Å². The van der Waals surface area contributed by atoms with E-state index in [2.05, 4.69) is 5.32 Å². The Kier molecular flexibility index (Phi) is 3.15. The van der Waals surface area contributed by atoms with Crippen molar-refractivity contribution < 1.29 is 8.42 Å². The van der Waals surface area contributed by atoms with Crippen molar-refractivity contribution in [3.63, 3.8) is 0 Å². The lowest BCUT2D eigenvalue weighted by Gasteiger charge is -2.11. The van der Waals surface area contributed by atoms with Gasteiger partial charge in [0.25, 0.3) is 0 Å². The van der Waals surface area contributed by atoms with Crippen LogP contribution in [0.5, 0.6) is 0 Å². The molecule has 1 aliphatic heterocycles. The molecule has 6 heteroatoms. The van der Waals surface area contributed by atoms with Gasteiger partial charge in [-0.05, 0) is 18.2 Å². The lowest BCUT2D eigenvalue weighted by Crippen LogP contribution is -2.20. The Balaban J connectivity index is 2.14. The van der Waals surface area contributed by atoms with Gasteiger partial charge in [0.15, 0.2) is 9.84 Å². The minimum atomic E-state index is -3.04. The monoisotopic (exact) mass is 277 g/mol. The molecule has 3 nitrogen and oxygen atoms in total. The maximum absolute atomic E-state index is 11.2. The summed E-state index contributed by atoms with van der Waals surface area (Å²) in [6.07, 6.45) is 1.62. The minimum Gasteiger partial charge on any atom is -0.378 e. The van der Waals surface area contributed by atoms with Gasteiger partial charge in [-0.3, -0.25) is 0 Å². The second-order valence-corrected chi connectivity index (χ2v) is 6.37. The number of halogens is 2. The highest BCUT2D eigenvalue weighted by molar-refractivity contribution is 7.94. The van der Waals surface area contributed by atoms with Gasteiger partial charge in [-0.1, -0.05) is 29.3 Å². The molecule has 86 valence electrons. The van der Waals surface area contributed by atoms with E-state index >= 15 is 0 Å². The topological polar surface area (TPSA) is 46.2 Å². The quantitative estimate of drug-likeness (QED) is 0.904. The van der Waals surface area contributed by atoms with Crippen LogP contribution >= 0.6 is 23.2 Å². The second kappa shape index (κ2) is 4.28. The number of nitrogens with one attached hydrogen (secondary N) is 1. The SMILES string of the molecule is O=S1(=O)C=CC(Nc2cc(Cl)cc(Cl)c2)C1. The van der Waals surface area contributed by atoms with E-state index in [0.717, 1.165) is 0 Å². The predicted molar refractivity (Wildman–Crippen MR) is 66.8 cm³/mol. The molecule has 0 bridgehead atoms. The van der Waals surface area contributed by atoms with Gasteiger partial charge < -0.3 is 5.32 Å². The van der Waals surface area contributed by atoms with Gasteiger partial charge in [-0.15, -0.1) is 0 Å². The summed E-state index contributed by atoms with van der Waals surface area (Å²) in [5.41, 5.74) is 0.712. The standard InChI is InChI=1S/C10H9Cl2NO2S/c11-7-3-8(12)5-10(4-7)13-9-1-2-16(14,15)6-9/h1-5,9,13H,6H2. The Morgan fingerprint density at radius 3 is 2.31 bits per heavy atom. The summed E-state index contributed by atoms with van der Waals surface area (Å²) in [6.45, 7) is 0. The number of anilines is 1. The van der Waals surface area contributed by atoms with Crippen LogP contribution in [0.15, 0.2) is 29.7 Å².